The first-order valence-corrected chi connectivity index (χ1v) is 5.00. The zero-order valence-corrected chi connectivity index (χ0v) is 8.64. The van der Waals surface area contributed by atoms with Gasteiger partial charge in [-0.15, -0.1) is 0 Å². The van der Waals surface area contributed by atoms with Crippen LogP contribution in [0.1, 0.15) is 23.9 Å². The molecular weight excluding hydrogens is 196 g/mol. The second-order valence-corrected chi connectivity index (χ2v) is 4.00. The lowest BCUT2D eigenvalue weighted by Gasteiger charge is -2.05. The number of carboxylic acids is 1. The minimum absolute atomic E-state index is 0.0634. The Labute approximate surface area is 87.7 Å². The standard InChI is InChI=1S/C10H14N2O3/c1-12-3-2-7(5-12)10-11-8(6-15-10)4-9(13)14/h6-7H,2-5H2,1H3,(H,13,14). The fourth-order valence-electron chi connectivity index (χ4n) is 1.88. The van der Waals surface area contributed by atoms with Crippen molar-refractivity contribution in [3.8, 4) is 0 Å². The molecule has 0 bridgehead atoms. The predicted molar refractivity (Wildman–Crippen MR) is 52.7 cm³/mol. The van der Waals surface area contributed by atoms with E-state index in [2.05, 4.69) is 16.9 Å². The number of aromatic nitrogens is 1. The van der Waals surface area contributed by atoms with Crippen molar-refractivity contribution in [1.29, 1.82) is 0 Å². The zero-order valence-electron chi connectivity index (χ0n) is 8.64. The van der Waals surface area contributed by atoms with Crippen LogP contribution in [0.5, 0.6) is 0 Å². The van der Waals surface area contributed by atoms with E-state index in [1.165, 1.54) is 6.26 Å². The molecule has 15 heavy (non-hydrogen) atoms. The molecule has 1 aliphatic heterocycles. The molecule has 0 amide bonds. The molecule has 1 N–H and O–H groups in total. The Morgan fingerprint density at radius 3 is 3.20 bits per heavy atom. The average molecular weight is 210 g/mol. The molecule has 5 nitrogen and oxygen atoms in total. The maximum atomic E-state index is 10.5. The second kappa shape index (κ2) is 4.02. The van der Waals surface area contributed by atoms with E-state index in [-0.39, 0.29) is 6.42 Å². The van der Waals surface area contributed by atoms with Crippen molar-refractivity contribution in [2.45, 2.75) is 18.8 Å². The van der Waals surface area contributed by atoms with Crippen LogP contribution in [0.3, 0.4) is 0 Å². The number of hydrogen-bond donors (Lipinski definition) is 1. The van der Waals surface area contributed by atoms with Crippen molar-refractivity contribution >= 4 is 5.97 Å². The van der Waals surface area contributed by atoms with Gasteiger partial charge in [0.25, 0.3) is 0 Å². The van der Waals surface area contributed by atoms with Gasteiger partial charge in [0.2, 0.25) is 0 Å². The normalized spacial score (nSPS) is 22.1. The van der Waals surface area contributed by atoms with E-state index in [4.69, 9.17) is 9.52 Å². The van der Waals surface area contributed by atoms with E-state index in [9.17, 15) is 4.79 Å². The molecule has 0 saturated carbocycles. The number of carbonyl (C=O) groups is 1. The van der Waals surface area contributed by atoms with Gasteiger partial charge >= 0.3 is 5.97 Å². The first-order valence-electron chi connectivity index (χ1n) is 5.00. The third kappa shape index (κ3) is 2.36. The molecule has 0 spiro atoms. The molecule has 1 aliphatic rings. The van der Waals surface area contributed by atoms with Crippen LogP contribution in [-0.4, -0.2) is 41.1 Å². The second-order valence-electron chi connectivity index (χ2n) is 4.00. The lowest BCUT2D eigenvalue weighted by molar-refractivity contribution is -0.136. The smallest absolute Gasteiger partial charge is 0.309 e. The first kappa shape index (κ1) is 10.2. The minimum atomic E-state index is -0.876. The van der Waals surface area contributed by atoms with Crippen LogP contribution in [-0.2, 0) is 11.2 Å². The van der Waals surface area contributed by atoms with Crippen molar-refractivity contribution in [1.82, 2.24) is 9.88 Å². The van der Waals surface area contributed by atoms with Gasteiger partial charge in [-0.05, 0) is 20.0 Å². The predicted octanol–water partition coefficient (Wildman–Crippen LogP) is 0.721. The van der Waals surface area contributed by atoms with Gasteiger partial charge in [-0.1, -0.05) is 0 Å². The number of likely N-dealkylation sites (N-methyl/N-ethyl adjacent to an activating group) is 1. The van der Waals surface area contributed by atoms with Crippen molar-refractivity contribution in [2.24, 2.45) is 0 Å². The summed E-state index contributed by atoms with van der Waals surface area (Å²) < 4.78 is 5.30. The van der Waals surface area contributed by atoms with E-state index in [0.29, 0.717) is 17.5 Å². The first-order chi connectivity index (χ1) is 7.15. The molecule has 1 fully saturated rings. The van der Waals surface area contributed by atoms with Crippen molar-refractivity contribution < 1.29 is 14.3 Å². The number of nitrogens with zero attached hydrogens (tertiary/aromatic N) is 2. The molecule has 5 heteroatoms. The highest BCUT2D eigenvalue weighted by Gasteiger charge is 2.25. The van der Waals surface area contributed by atoms with E-state index in [1.807, 2.05) is 0 Å². The van der Waals surface area contributed by atoms with Crippen molar-refractivity contribution in [3.63, 3.8) is 0 Å². The summed E-state index contributed by atoms with van der Waals surface area (Å²) in [4.78, 5) is 16.9. The van der Waals surface area contributed by atoms with Gasteiger partial charge in [-0.2, -0.15) is 0 Å². The number of hydrogen-bond acceptors (Lipinski definition) is 4. The quantitative estimate of drug-likeness (QED) is 0.796. The number of oxazole rings is 1. The highest BCUT2D eigenvalue weighted by atomic mass is 16.4. The SMILES string of the molecule is CN1CCC(c2nc(CC(=O)O)co2)C1. The van der Waals surface area contributed by atoms with E-state index >= 15 is 0 Å². The van der Waals surface area contributed by atoms with Crippen LogP contribution in [0, 0.1) is 0 Å². The van der Waals surface area contributed by atoms with Crippen LogP contribution in [0.15, 0.2) is 10.7 Å². The van der Waals surface area contributed by atoms with E-state index < -0.39 is 5.97 Å². The van der Waals surface area contributed by atoms with Crippen molar-refractivity contribution in [3.05, 3.63) is 17.8 Å². The zero-order chi connectivity index (χ0) is 10.8. The molecule has 0 radical (unpaired) electrons. The summed E-state index contributed by atoms with van der Waals surface area (Å²) in [6.07, 6.45) is 2.41. The summed E-state index contributed by atoms with van der Waals surface area (Å²) in [6.45, 7) is 1.98. The molecule has 2 heterocycles. The number of carboxylic acid groups (broad SMARTS) is 1. The summed E-state index contributed by atoms with van der Waals surface area (Å²) in [5.41, 5.74) is 0.507. The molecule has 1 saturated heterocycles. The van der Waals surface area contributed by atoms with Crippen LogP contribution in [0.25, 0.3) is 0 Å². The third-order valence-electron chi connectivity index (χ3n) is 2.64. The van der Waals surface area contributed by atoms with Crippen LogP contribution >= 0.6 is 0 Å². The minimum Gasteiger partial charge on any atom is -0.481 e. The Balaban J connectivity index is 2.03. The maximum absolute atomic E-state index is 10.5. The Kier molecular flexibility index (Phi) is 2.73. The van der Waals surface area contributed by atoms with Crippen molar-refractivity contribution in [2.75, 3.05) is 20.1 Å². The van der Waals surface area contributed by atoms with Crippen LogP contribution < -0.4 is 0 Å². The van der Waals surface area contributed by atoms with Crippen LogP contribution in [0.4, 0.5) is 0 Å². The fraction of sp³-hybridized carbons (Fsp3) is 0.600. The van der Waals surface area contributed by atoms with Gasteiger partial charge in [0.15, 0.2) is 5.89 Å². The highest BCUT2D eigenvalue weighted by Crippen LogP contribution is 2.25. The van der Waals surface area contributed by atoms with Gasteiger partial charge in [-0.25, -0.2) is 4.98 Å². The largest absolute Gasteiger partial charge is 0.481 e. The molecule has 82 valence electrons. The summed E-state index contributed by atoms with van der Waals surface area (Å²) >= 11 is 0. The Morgan fingerprint density at radius 2 is 2.60 bits per heavy atom. The molecule has 1 unspecified atom stereocenters. The number of likely N-dealkylation sites (tertiary alicyclic amines) is 1. The fourth-order valence-corrected chi connectivity index (χ4v) is 1.88. The van der Waals surface area contributed by atoms with Gasteiger partial charge in [-0.3, -0.25) is 4.79 Å². The highest BCUT2D eigenvalue weighted by molar-refractivity contribution is 5.69. The molecule has 1 aromatic rings. The monoisotopic (exact) mass is 210 g/mol. The molecule has 1 aromatic heterocycles. The lowest BCUT2D eigenvalue weighted by atomic mass is 10.1. The molecule has 0 aromatic carbocycles. The molecule has 1 atom stereocenters. The van der Waals surface area contributed by atoms with Gasteiger partial charge in [0, 0.05) is 12.5 Å². The Bertz CT molecular complexity index is 361. The lowest BCUT2D eigenvalue weighted by Crippen LogP contribution is -2.13. The number of rotatable bonds is 3. The molecule has 0 aliphatic carbocycles. The van der Waals surface area contributed by atoms with Crippen LogP contribution in [0.2, 0.25) is 0 Å². The average Bonchev–Trinajstić information content (AvgIpc) is 2.72. The van der Waals surface area contributed by atoms with E-state index in [1.54, 1.807) is 0 Å². The van der Waals surface area contributed by atoms with Gasteiger partial charge in [0.05, 0.1) is 12.1 Å². The van der Waals surface area contributed by atoms with Gasteiger partial charge in [0.1, 0.15) is 6.26 Å². The molecular formula is C10H14N2O3. The third-order valence-corrected chi connectivity index (χ3v) is 2.64. The van der Waals surface area contributed by atoms with Gasteiger partial charge < -0.3 is 14.4 Å². The number of aliphatic carboxylic acids is 1. The Morgan fingerprint density at radius 1 is 1.80 bits per heavy atom. The summed E-state index contributed by atoms with van der Waals surface area (Å²) in [6, 6.07) is 0. The summed E-state index contributed by atoms with van der Waals surface area (Å²) in [5, 5.41) is 8.59. The molecule has 2 rings (SSSR count). The Hall–Kier alpha value is -1.36. The summed E-state index contributed by atoms with van der Waals surface area (Å²) in [5.74, 6) is 0.117. The maximum Gasteiger partial charge on any atom is 0.309 e. The van der Waals surface area contributed by atoms with E-state index in [0.717, 1.165) is 19.5 Å². The topological polar surface area (TPSA) is 66.6 Å². The summed E-state index contributed by atoms with van der Waals surface area (Å²) in [7, 11) is 2.06.